The summed E-state index contributed by atoms with van der Waals surface area (Å²) in [6, 6.07) is 14.1. The van der Waals surface area contributed by atoms with Crippen molar-refractivity contribution in [3.8, 4) is 17.0 Å². The van der Waals surface area contributed by atoms with E-state index < -0.39 is 0 Å². The average molecular weight is 376 g/mol. The van der Waals surface area contributed by atoms with Gasteiger partial charge in [0.25, 0.3) is 5.91 Å². The number of carbonyl (C=O) groups excluding carboxylic acids is 1. The van der Waals surface area contributed by atoms with Gasteiger partial charge >= 0.3 is 0 Å². The number of halogens is 2. The molecule has 7 heteroatoms. The third-order valence-corrected chi connectivity index (χ3v) is 4.41. The molecule has 5 nitrogen and oxygen atoms in total. The van der Waals surface area contributed by atoms with Crippen molar-refractivity contribution in [2.24, 2.45) is 7.05 Å². The molecular weight excluding hydrogens is 361 g/mol. The van der Waals surface area contributed by atoms with Crippen molar-refractivity contribution >= 4 is 34.8 Å². The first kappa shape index (κ1) is 17.3. The molecule has 128 valence electrons. The van der Waals surface area contributed by atoms with Gasteiger partial charge in [-0.25, -0.2) is 0 Å². The normalized spacial score (nSPS) is 10.6. The van der Waals surface area contributed by atoms with E-state index >= 15 is 0 Å². The molecule has 0 unspecified atom stereocenters. The van der Waals surface area contributed by atoms with E-state index in [0.29, 0.717) is 27.1 Å². The van der Waals surface area contributed by atoms with Crippen molar-refractivity contribution in [3.63, 3.8) is 0 Å². The van der Waals surface area contributed by atoms with E-state index in [4.69, 9.17) is 27.9 Å². The topological polar surface area (TPSA) is 56.1 Å². The lowest BCUT2D eigenvalue weighted by Gasteiger charge is -2.06. The van der Waals surface area contributed by atoms with Gasteiger partial charge in [-0.15, -0.1) is 0 Å². The molecule has 2 aromatic carbocycles. The van der Waals surface area contributed by atoms with Gasteiger partial charge in [0.1, 0.15) is 11.4 Å². The van der Waals surface area contributed by atoms with Gasteiger partial charge in [-0.1, -0.05) is 23.2 Å². The number of nitrogens with one attached hydrogen (secondary N) is 1. The minimum atomic E-state index is -0.284. The maximum Gasteiger partial charge on any atom is 0.273 e. The van der Waals surface area contributed by atoms with E-state index in [2.05, 4.69) is 10.4 Å². The smallest absolute Gasteiger partial charge is 0.273 e. The second-order valence-corrected chi connectivity index (χ2v) is 6.16. The zero-order valence-electron chi connectivity index (χ0n) is 13.6. The standard InChI is InChI=1S/C18H15Cl2N3O2/c1-23-17(18(24)21-12-5-8-14(19)15(20)9-12)10-16(22-23)11-3-6-13(25-2)7-4-11/h3-10H,1-2H3,(H,21,24). The zero-order chi connectivity index (χ0) is 18.0. The summed E-state index contributed by atoms with van der Waals surface area (Å²) in [5.41, 5.74) is 2.58. The summed E-state index contributed by atoms with van der Waals surface area (Å²) in [5, 5.41) is 8.00. The number of hydrogen-bond acceptors (Lipinski definition) is 3. The molecule has 0 saturated carbocycles. The Morgan fingerprint density at radius 1 is 1.08 bits per heavy atom. The number of benzene rings is 2. The van der Waals surface area contributed by atoms with Crippen molar-refractivity contribution < 1.29 is 9.53 Å². The van der Waals surface area contributed by atoms with Crippen LogP contribution in [0.4, 0.5) is 5.69 Å². The molecule has 0 aliphatic heterocycles. The number of aryl methyl sites for hydroxylation is 1. The SMILES string of the molecule is COc1ccc(-c2cc(C(=O)Nc3ccc(Cl)c(Cl)c3)n(C)n2)cc1. The van der Waals surface area contributed by atoms with Gasteiger partial charge < -0.3 is 10.1 Å². The number of nitrogens with zero attached hydrogens (tertiary/aromatic N) is 2. The van der Waals surface area contributed by atoms with E-state index in [0.717, 1.165) is 11.3 Å². The number of anilines is 1. The molecule has 0 fully saturated rings. The number of aromatic nitrogens is 2. The quantitative estimate of drug-likeness (QED) is 0.721. The fourth-order valence-electron chi connectivity index (χ4n) is 2.35. The number of ether oxygens (including phenoxy) is 1. The zero-order valence-corrected chi connectivity index (χ0v) is 15.1. The predicted molar refractivity (Wildman–Crippen MR) is 99.6 cm³/mol. The summed E-state index contributed by atoms with van der Waals surface area (Å²) in [5.74, 6) is 0.477. The van der Waals surface area contributed by atoms with Gasteiger partial charge in [0.15, 0.2) is 0 Å². The van der Waals surface area contributed by atoms with Crippen molar-refractivity contribution in [3.05, 3.63) is 64.3 Å². The number of amides is 1. The lowest BCUT2D eigenvalue weighted by molar-refractivity contribution is 0.101. The van der Waals surface area contributed by atoms with E-state index in [-0.39, 0.29) is 5.91 Å². The summed E-state index contributed by atoms with van der Waals surface area (Å²) in [6.45, 7) is 0. The highest BCUT2D eigenvalue weighted by molar-refractivity contribution is 6.42. The molecule has 1 aromatic heterocycles. The minimum absolute atomic E-state index is 0.284. The van der Waals surface area contributed by atoms with Crippen LogP contribution in [0.1, 0.15) is 10.5 Å². The summed E-state index contributed by atoms with van der Waals surface area (Å²) >= 11 is 11.9. The van der Waals surface area contributed by atoms with Crippen LogP contribution in [0.25, 0.3) is 11.3 Å². The molecule has 0 bridgehead atoms. The summed E-state index contributed by atoms with van der Waals surface area (Å²) in [4.78, 5) is 12.5. The molecule has 3 aromatic rings. The van der Waals surface area contributed by atoms with Gasteiger partial charge in [0.05, 0.1) is 22.8 Å². The van der Waals surface area contributed by atoms with Crippen molar-refractivity contribution in [2.45, 2.75) is 0 Å². The Morgan fingerprint density at radius 2 is 1.80 bits per heavy atom. The Labute approximate surface area is 155 Å². The lowest BCUT2D eigenvalue weighted by atomic mass is 10.1. The molecule has 1 amide bonds. The van der Waals surface area contributed by atoms with Crippen LogP contribution in [0, 0.1) is 0 Å². The van der Waals surface area contributed by atoms with Gasteiger partial charge in [-0.2, -0.15) is 5.10 Å². The Kier molecular flexibility index (Phi) is 4.97. The number of rotatable bonds is 4. The predicted octanol–water partition coefficient (Wildman–Crippen LogP) is 4.65. The van der Waals surface area contributed by atoms with Crippen LogP contribution in [0.3, 0.4) is 0 Å². The Balaban J connectivity index is 1.83. The molecule has 0 aliphatic rings. The first-order valence-electron chi connectivity index (χ1n) is 7.43. The first-order chi connectivity index (χ1) is 12.0. The van der Waals surface area contributed by atoms with Crippen molar-refractivity contribution in [1.29, 1.82) is 0 Å². The van der Waals surface area contributed by atoms with E-state index in [1.54, 1.807) is 38.4 Å². The molecule has 1 N–H and O–H groups in total. The number of hydrogen-bond donors (Lipinski definition) is 1. The van der Waals surface area contributed by atoms with Crippen LogP contribution in [0.5, 0.6) is 5.75 Å². The molecule has 25 heavy (non-hydrogen) atoms. The second-order valence-electron chi connectivity index (χ2n) is 5.35. The Bertz CT molecular complexity index is 921. The minimum Gasteiger partial charge on any atom is -0.497 e. The maximum absolute atomic E-state index is 12.5. The largest absolute Gasteiger partial charge is 0.497 e. The number of methoxy groups -OCH3 is 1. The fourth-order valence-corrected chi connectivity index (χ4v) is 2.65. The highest BCUT2D eigenvalue weighted by Crippen LogP contribution is 2.26. The van der Waals surface area contributed by atoms with Gasteiger partial charge in [0, 0.05) is 18.3 Å². The fraction of sp³-hybridized carbons (Fsp3) is 0.111. The van der Waals surface area contributed by atoms with E-state index in [9.17, 15) is 4.79 Å². The van der Waals surface area contributed by atoms with Gasteiger partial charge in [-0.05, 0) is 48.5 Å². The second kappa shape index (κ2) is 7.17. The Morgan fingerprint density at radius 3 is 2.44 bits per heavy atom. The molecule has 3 rings (SSSR count). The molecule has 0 radical (unpaired) electrons. The van der Waals surface area contributed by atoms with Crippen LogP contribution in [0.2, 0.25) is 10.0 Å². The first-order valence-corrected chi connectivity index (χ1v) is 8.18. The van der Waals surface area contributed by atoms with E-state index in [1.165, 1.54) is 4.68 Å². The Hall–Kier alpha value is -2.50. The summed E-state index contributed by atoms with van der Waals surface area (Å²) in [6.07, 6.45) is 0. The lowest BCUT2D eigenvalue weighted by Crippen LogP contribution is -2.15. The monoisotopic (exact) mass is 375 g/mol. The third kappa shape index (κ3) is 3.78. The van der Waals surface area contributed by atoms with Crippen molar-refractivity contribution in [1.82, 2.24) is 9.78 Å². The molecule has 1 heterocycles. The van der Waals surface area contributed by atoms with Crippen LogP contribution in [0.15, 0.2) is 48.5 Å². The number of carbonyl (C=O) groups is 1. The van der Waals surface area contributed by atoms with Gasteiger partial charge in [-0.3, -0.25) is 9.48 Å². The summed E-state index contributed by atoms with van der Waals surface area (Å²) < 4.78 is 6.68. The van der Waals surface area contributed by atoms with Crippen LogP contribution < -0.4 is 10.1 Å². The van der Waals surface area contributed by atoms with Gasteiger partial charge in [0.2, 0.25) is 0 Å². The molecule has 0 saturated heterocycles. The molecular formula is C18H15Cl2N3O2. The molecule has 0 spiro atoms. The van der Waals surface area contributed by atoms with Crippen LogP contribution in [-0.2, 0) is 7.05 Å². The maximum atomic E-state index is 12.5. The molecule has 0 aliphatic carbocycles. The van der Waals surface area contributed by atoms with Crippen molar-refractivity contribution in [2.75, 3.05) is 12.4 Å². The third-order valence-electron chi connectivity index (χ3n) is 3.68. The summed E-state index contributed by atoms with van der Waals surface area (Å²) in [7, 11) is 3.33. The van der Waals surface area contributed by atoms with Crippen LogP contribution in [-0.4, -0.2) is 22.8 Å². The average Bonchev–Trinajstić information content (AvgIpc) is 3.00. The highest BCUT2D eigenvalue weighted by atomic mass is 35.5. The highest BCUT2D eigenvalue weighted by Gasteiger charge is 2.15. The molecule has 0 atom stereocenters. The van der Waals surface area contributed by atoms with E-state index in [1.807, 2.05) is 24.3 Å². The van der Waals surface area contributed by atoms with Crippen LogP contribution >= 0.6 is 23.2 Å².